The molecule has 0 radical (unpaired) electrons. The van der Waals surface area contributed by atoms with E-state index >= 15 is 0 Å². The van der Waals surface area contributed by atoms with E-state index in [4.69, 9.17) is 14.5 Å². The van der Waals surface area contributed by atoms with Gasteiger partial charge in [-0.3, -0.25) is 14.2 Å². The number of fused-ring (bicyclic) bond motifs is 3. The second-order valence-corrected chi connectivity index (χ2v) is 12.1. The minimum atomic E-state index is -0.307. The van der Waals surface area contributed by atoms with Gasteiger partial charge in [-0.05, 0) is 78.8 Å². The standard InChI is InChI=1S/C33H30N4O4S2/c1-40-25-16-14-24(15-17-25)37-32(39)30-27-12-5-6-13-28(27)43-31(30)35-33(37)42-21-29(38)36-34-19-23-10-7-11-26(18-23)41-20-22-8-3-2-4-9-22/h2-4,7-11,14-19H,5-6,12-13,20-21H2,1H3,(H,36,38). The van der Waals surface area contributed by atoms with Crippen LogP contribution in [0.5, 0.6) is 11.5 Å². The van der Waals surface area contributed by atoms with E-state index in [1.54, 1.807) is 29.2 Å². The van der Waals surface area contributed by atoms with E-state index in [1.807, 2.05) is 78.9 Å². The van der Waals surface area contributed by atoms with Gasteiger partial charge < -0.3 is 9.47 Å². The largest absolute Gasteiger partial charge is 0.497 e. The molecule has 0 atom stereocenters. The molecule has 1 N–H and O–H groups in total. The fraction of sp³-hybridized carbons (Fsp3) is 0.212. The third-order valence-corrected chi connectivity index (χ3v) is 9.25. The van der Waals surface area contributed by atoms with Crippen molar-refractivity contribution in [1.29, 1.82) is 0 Å². The molecule has 6 rings (SSSR count). The number of thioether (sulfide) groups is 1. The number of hydrogen-bond donors (Lipinski definition) is 1. The third kappa shape index (κ3) is 6.65. The summed E-state index contributed by atoms with van der Waals surface area (Å²) in [4.78, 5) is 33.6. The Kier molecular flexibility index (Phi) is 8.85. The van der Waals surface area contributed by atoms with Gasteiger partial charge in [0.2, 0.25) is 0 Å². The van der Waals surface area contributed by atoms with Gasteiger partial charge in [-0.25, -0.2) is 10.4 Å². The zero-order valence-electron chi connectivity index (χ0n) is 23.6. The Hall–Kier alpha value is -4.41. The molecule has 0 aliphatic heterocycles. The number of rotatable bonds is 10. The molecule has 0 spiro atoms. The number of hydrogen-bond acceptors (Lipinski definition) is 8. The summed E-state index contributed by atoms with van der Waals surface area (Å²) in [6.45, 7) is 0.463. The number of ether oxygens (including phenoxy) is 2. The Bertz CT molecular complexity index is 1830. The van der Waals surface area contributed by atoms with Crippen LogP contribution in [0.2, 0.25) is 0 Å². The molecule has 0 fully saturated rings. The number of benzene rings is 3. The van der Waals surface area contributed by atoms with E-state index in [-0.39, 0.29) is 17.2 Å². The van der Waals surface area contributed by atoms with Crippen LogP contribution in [0.3, 0.4) is 0 Å². The fourth-order valence-electron chi connectivity index (χ4n) is 5.01. The maximum absolute atomic E-state index is 13.9. The molecule has 0 unspecified atom stereocenters. The Morgan fingerprint density at radius 3 is 2.67 bits per heavy atom. The lowest BCUT2D eigenvalue weighted by Crippen LogP contribution is -2.24. The minimum Gasteiger partial charge on any atom is -0.497 e. The Morgan fingerprint density at radius 1 is 1.05 bits per heavy atom. The smallest absolute Gasteiger partial charge is 0.267 e. The first-order chi connectivity index (χ1) is 21.1. The zero-order valence-corrected chi connectivity index (χ0v) is 25.2. The predicted molar refractivity (Wildman–Crippen MR) is 172 cm³/mol. The maximum atomic E-state index is 13.9. The highest BCUT2D eigenvalue weighted by molar-refractivity contribution is 7.99. The third-order valence-electron chi connectivity index (χ3n) is 7.13. The second kappa shape index (κ2) is 13.3. The number of nitrogens with zero attached hydrogens (tertiary/aromatic N) is 3. The number of thiophene rings is 1. The summed E-state index contributed by atoms with van der Waals surface area (Å²) in [6.07, 6.45) is 5.64. The van der Waals surface area contributed by atoms with Crippen molar-refractivity contribution in [2.75, 3.05) is 12.9 Å². The van der Waals surface area contributed by atoms with Crippen molar-refractivity contribution in [2.24, 2.45) is 5.10 Å². The summed E-state index contributed by atoms with van der Waals surface area (Å²) >= 11 is 2.80. The lowest BCUT2D eigenvalue weighted by molar-refractivity contribution is -0.118. The Morgan fingerprint density at radius 2 is 1.86 bits per heavy atom. The van der Waals surface area contributed by atoms with E-state index in [2.05, 4.69) is 10.5 Å². The molecule has 2 heterocycles. The molecule has 5 aromatic rings. The lowest BCUT2D eigenvalue weighted by Gasteiger charge is -2.14. The number of carbonyl (C=O) groups is 1. The molecule has 1 aliphatic rings. The number of methoxy groups -OCH3 is 1. The number of carbonyl (C=O) groups excluding carboxylic acids is 1. The molecular formula is C33H30N4O4S2. The van der Waals surface area contributed by atoms with E-state index in [1.165, 1.54) is 16.6 Å². The molecule has 43 heavy (non-hydrogen) atoms. The first-order valence-electron chi connectivity index (χ1n) is 14.0. The van der Waals surface area contributed by atoms with Crippen molar-refractivity contribution in [3.8, 4) is 17.2 Å². The molecule has 3 aromatic carbocycles. The van der Waals surface area contributed by atoms with Gasteiger partial charge in [0.25, 0.3) is 11.5 Å². The molecule has 0 bridgehead atoms. The number of aryl methyl sites for hydroxylation is 2. The maximum Gasteiger partial charge on any atom is 0.267 e. The van der Waals surface area contributed by atoms with Crippen molar-refractivity contribution in [3.63, 3.8) is 0 Å². The van der Waals surface area contributed by atoms with E-state index in [9.17, 15) is 9.59 Å². The van der Waals surface area contributed by atoms with Crippen LogP contribution in [0, 0.1) is 0 Å². The monoisotopic (exact) mass is 610 g/mol. The van der Waals surface area contributed by atoms with E-state index in [0.717, 1.165) is 47.2 Å². The highest BCUT2D eigenvalue weighted by atomic mass is 32.2. The van der Waals surface area contributed by atoms with Crippen molar-refractivity contribution < 1.29 is 14.3 Å². The summed E-state index contributed by atoms with van der Waals surface area (Å²) in [7, 11) is 1.60. The lowest BCUT2D eigenvalue weighted by atomic mass is 9.97. The summed E-state index contributed by atoms with van der Waals surface area (Å²) in [5.74, 6) is 1.14. The summed E-state index contributed by atoms with van der Waals surface area (Å²) < 4.78 is 12.8. The molecule has 0 saturated heterocycles. The van der Waals surface area contributed by atoms with Crippen molar-refractivity contribution in [3.05, 3.63) is 111 Å². The summed E-state index contributed by atoms with van der Waals surface area (Å²) in [5.41, 5.74) is 6.15. The van der Waals surface area contributed by atoms with Crippen molar-refractivity contribution in [1.82, 2.24) is 15.0 Å². The van der Waals surface area contributed by atoms with Crippen LogP contribution in [0.4, 0.5) is 0 Å². The molecule has 0 saturated carbocycles. The molecule has 2 aromatic heterocycles. The minimum absolute atomic E-state index is 0.0384. The van der Waals surface area contributed by atoms with Gasteiger partial charge in [-0.15, -0.1) is 11.3 Å². The molecule has 8 nitrogen and oxygen atoms in total. The topological polar surface area (TPSA) is 94.8 Å². The van der Waals surface area contributed by atoms with Crippen molar-refractivity contribution >= 4 is 45.4 Å². The van der Waals surface area contributed by atoms with Crippen LogP contribution >= 0.6 is 23.1 Å². The van der Waals surface area contributed by atoms with Gasteiger partial charge in [0.05, 0.1) is 30.2 Å². The average Bonchev–Trinajstić information content (AvgIpc) is 3.42. The number of aromatic nitrogens is 2. The molecule has 1 amide bonds. The summed E-state index contributed by atoms with van der Waals surface area (Å²) in [6, 6.07) is 24.7. The quantitative estimate of drug-likeness (QED) is 0.0882. The van der Waals surface area contributed by atoms with Gasteiger partial charge in [0.1, 0.15) is 22.9 Å². The highest BCUT2D eigenvalue weighted by Crippen LogP contribution is 2.35. The highest BCUT2D eigenvalue weighted by Gasteiger charge is 2.23. The van der Waals surface area contributed by atoms with Crippen LogP contribution < -0.4 is 20.5 Å². The molecule has 1 aliphatic carbocycles. The molecule has 218 valence electrons. The van der Waals surface area contributed by atoms with Crippen LogP contribution in [-0.4, -0.2) is 34.5 Å². The molecular weight excluding hydrogens is 581 g/mol. The normalized spacial score (nSPS) is 12.8. The van der Waals surface area contributed by atoms with Gasteiger partial charge in [0, 0.05) is 4.88 Å². The first kappa shape index (κ1) is 28.7. The van der Waals surface area contributed by atoms with E-state index < -0.39 is 0 Å². The molecule has 10 heteroatoms. The van der Waals surface area contributed by atoms with Crippen LogP contribution in [0.15, 0.2) is 93.9 Å². The SMILES string of the molecule is COc1ccc(-n2c(SCC(=O)NN=Cc3cccc(OCc4ccccc4)c3)nc3sc4c(c3c2=O)CCCC4)cc1. The zero-order chi connectivity index (χ0) is 29.6. The summed E-state index contributed by atoms with van der Waals surface area (Å²) in [5, 5.41) is 5.29. The fourth-order valence-corrected chi connectivity index (χ4v) is 7.12. The van der Waals surface area contributed by atoms with E-state index in [0.29, 0.717) is 34.3 Å². The number of nitrogens with one attached hydrogen (secondary N) is 1. The van der Waals surface area contributed by atoms with Crippen LogP contribution in [0.25, 0.3) is 15.9 Å². The Labute approximate surface area is 257 Å². The van der Waals surface area contributed by atoms with Gasteiger partial charge in [0.15, 0.2) is 5.16 Å². The average molecular weight is 611 g/mol. The number of amides is 1. The van der Waals surface area contributed by atoms with Crippen molar-refractivity contribution in [2.45, 2.75) is 37.4 Å². The number of hydrazone groups is 1. The van der Waals surface area contributed by atoms with Gasteiger partial charge in [-0.2, -0.15) is 5.10 Å². The van der Waals surface area contributed by atoms with Gasteiger partial charge in [-0.1, -0.05) is 54.2 Å². The Balaban J connectivity index is 1.16. The first-order valence-corrected chi connectivity index (χ1v) is 15.8. The van der Waals surface area contributed by atoms with Crippen LogP contribution in [0.1, 0.15) is 34.4 Å². The van der Waals surface area contributed by atoms with Gasteiger partial charge >= 0.3 is 0 Å². The second-order valence-electron chi connectivity index (χ2n) is 10.1. The van der Waals surface area contributed by atoms with Crippen LogP contribution in [-0.2, 0) is 24.2 Å². The predicted octanol–water partition coefficient (Wildman–Crippen LogP) is 6.16.